The summed E-state index contributed by atoms with van der Waals surface area (Å²) in [7, 11) is 1.87. The summed E-state index contributed by atoms with van der Waals surface area (Å²) < 4.78 is 19.9. The van der Waals surface area contributed by atoms with Gasteiger partial charge in [0, 0.05) is 41.0 Å². The Balaban J connectivity index is 1.54. The van der Waals surface area contributed by atoms with Crippen LogP contribution in [-0.2, 0) is 0 Å². The van der Waals surface area contributed by atoms with Crippen LogP contribution >= 0.6 is 23.2 Å². The average molecular weight is 502 g/mol. The van der Waals surface area contributed by atoms with Gasteiger partial charge in [-0.05, 0) is 55.7 Å². The van der Waals surface area contributed by atoms with E-state index in [0.717, 1.165) is 24.0 Å². The van der Waals surface area contributed by atoms with Crippen molar-refractivity contribution in [1.29, 1.82) is 0 Å². The third-order valence-corrected chi connectivity index (χ3v) is 7.04. The van der Waals surface area contributed by atoms with Gasteiger partial charge in [-0.1, -0.05) is 48.2 Å². The molecule has 1 atom stereocenters. The van der Waals surface area contributed by atoms with E-state index in [2.05, 4.69) is 4.98 Å². The Morgan fingerprint density at radius 3 is 2.50 bits per heavy atom. The molecule has 1 saturated carbocycles. The van der Waals surface area contributed by atoms with E-state index in [1.54, 1.807) is 19.2 Å². The Morgan fingerprint density at radius 2 is 1.82 bits per heavy atom. The Labute approximate surface area is 208 Å². The number of nitrogens with two attached hydrogens (primary N) is 1. The number of anilines is 1. The fraction of sp³-hybridized carbons (Fsp3) is 0.308. The molecule has 178 valence electrons. The fourth-order valence-corrected chi connectivity index (χ4v) is 5.02. The summed E-state index contributed by atoms with van der Waals surface area (Å²) in [5.41, 5.74) is 8.62. The zero-order chi connectivity index (χ0) is 24.4. The SMILES string of the molecule is CC(Oc1cc(-c2ccc(C(=O)N(C)C3CCCC3)cc2)cnc1N)c1c(Cl)ccc(F)c1Cl. The Bertz CT molecular complexity index is 1200. The monoisotopic (exact) mass is 501 g/mol. The molecule has 1 aliphatic rings. The molecule has 8 heteroatoms. The number of carbonyl (C=O) groups is 1. The van der Waals surface area contributed by atoms with Gasteiger partial charge in [0.05, 0.1) is 5.02 Å². The molecule has 5 nitrogen and oxygen atoms in total. The topological polar surface area (TPSA) is 68.5 Å². The fourth-order valence-electron chi connectivity index (χ4n) is 4.34. The number of halogens is 3. The van der Waals surface area contributed by atoms with Crippen molar-refractivity contribution in [2.24, 2.45) is 0 Å². The van der Waals surface area contributed by atoms with Gasteiger partial charge >= 0.3 is 0 Å². The van der Waals surface area contributed by atoms with Gasteiger partial charge in [0.1, 0.15) is 11.9 Å². The van der Waals surface area contributed by atoms with Gasteiger partial charge in [0.15, 0.2) is 11.6 Å². The van der Waals surface area contributed by atoms with Gasteiger partial charge in [-0.2, -0.15) is 0 Å². The number of hydrogen-bond acceptors (Lipinski definition) is 4. The van der Waals surface area contributed by atoms with Crippen molar-refractivity contribution in [3.63, 3.8) is 0 Å². The largest absolute Gasteiger partial charge is 0.482 e. The molecular formula is C26H26Cl2FN3O2. The van der Waals surface area contributed by atoms with Gasteiger partial charge in [-0.3, -0.25) is 4.79 Å². The van der Waals surface area contributed by atoms with Crippen LogP contribution in [0.1, 0.15) is 54.6 Å². The predicted octanol–water partition coefficient (Wildman–Crippen LogP) is 6.93. The first-order chi connectivity index (χ1) is 16.3. The highest BCUT2D eigenvalue weighted by Gasteiger charge is 2.24. The average Bonchev–Trinajstić information content (AvgIpc) is 3.37. The highest BCUT2D eigenvalue weighted by molar-refractivity contribution is 6.36. The van der Waals surface area contributed by atoms with Gasteiger partial charge in [0.25, 0.3) is 5.91 Å². The number of ether oxygens (including phenoxy) is 1. The summed E-state index contributed by atoms with van der Waals surface area (Å²) in [6, 6.07) is 12.1. The molecule has 0 saturated heterocycles. The predicted molar refractivity (Wildman–Crippen MR) is 134 cm³/mol. The van der Waals surface area contributed by atoms with E-state index in [4.69, 9.17) is 33.7 Å². The van der Waals surface area contributed by atoms with Crippen LogP contribution in [0.15, 0.2) is 48.7 Å². The number of hydrogen-bond donors (Lipinski definition) is 1. The molecule has 4 rings (SSSR count). The number of amides is 1. The number of rotatable bonds is 6. The summed E-state index contributed by atoms with van der Waals surface area (Å²) in [6.07, 6.45) is 5.44. The molecule has 34 heavy (non-hydrogen) atoms. The first kappa shape index (κ1) is 24.3. The van der Waals surface area contributed by atoms with E-state index in [0.29, 0.717) is 27.9 Å². The van der Waals surface area contributed by atoms with E-state index in [-0.39, 0.29) is 16.7 Å². The number of benzene rings is 2. The molecule has 3 aromatic rings. The van der Waals surface area contributed by atoms with E-state index < -0.39 is 11.9 Å². The minimum atomic E-state index is -0.666. The molecule has 1 amide bonds. The summed E-state index contributed by atoms with van der Waals surface area (Å²) in [5.74, 6) is -0.0492. The smallest absolute Gasteiger partial charge is 0.253 e. The zero-order valence-corrected chi connectivity index (χ0v) is 20.5. The molecule has 1 heterocycles. The summed E-state index contributed by atoms with van der Waals surface area (Å²) in [6.45, 7) is 1.71. The van der Waals surface area contributed by atoms with Gasteiger partial charge < -0.3 is 15.4 Å². The summed E-state index contributed by atoms with van der Waals surface area (Å²) >= 11 is 12.3. The molecule has 2 aromatic carbocycles. The minimum absolute atomic E-state index is 0.0237. The Hall–Kier alpha value is -2.83. The molecular weight excluding hydrogens is 476 g/mol. The second kappa shape index (κ2) is 10.2. The zero-order valence-electron chi connectivity index (χ0n) is 19.0. The van der Waals surface area contributed by atoms with Gasteiger partial charge in [-0.25, -0.2) is 9.37 Å². The number of nitrogens with zero attached hydrogens (tertiary/aromatic N) is 2. The van der Waals surface area contributed by atoms with Crippen molar-refractivity contribution < 1.29 is 13.9 Å². The second-order valence-electron chi connectivity index (χ2n) is 8.56. The number of nitrogen functional groups attached to an aromatic ring is 1. The van der Waals surface area contributed by atoms with Crippen molar-refractivity contribution in [3.8, 4) is 16.9 Å². The molecule has 0 spiro atoms. The normalized spacial score (nSPS) is 14.7. The lowest BCUT2D eigenvalue weighted by Gasteiger charge is -2.24. The van der Waals surface area contributed by atoms with Gasteiger partial charge in [0.2, 0.25) is 0 Å². The highest BCUT2D eigenvalue weighted by Crippen LogP contribution is 2.37. The van der Waals surface area contributed by atoms with E-state index in [1.165, 1.54) is 25.0 Å². The highest BCUT2D eigenvalue weighted by atomic mass is 35.5. The number of carbonyl (C=O) groups excluding carboxylic acids is 1. The number of aromatic nitrogens is 1. The molecule has 0 bridgehead atoms. The van der Waals surface area contributed by atoms with Gasteiger partial charge in [-0.15, -0.1) is 0 Å². The third kappa shape index (κ3) is 4.98. The van der Waals surface area contributed by atoms with Crippen molar-refractivity contribution in [3.05, 3.63) is 75.7 Å². The number of pyridine rings is 1. The first-order valence-corrected chi connectivity index (χ1v) is 11.9. The van der Waals surface area contributed by atoms with Crippen LogP contribution < -0.4 is 10.5 Å². The minimum Gasteiger partial charge on any atom is -0.482 e. The van der Waals surface area contributed by atoms with E-state index in [9.17, 15) is 9.18 Å². The lowest BCUT2D eigenvalue weighted by atomic mass is 10.0. The molecule has 1 aliphatic carbocycles. The van der Waals surface area contributed by atoms with Crippen LogP contribution in [0.2, 0.25) is 10.0 Å². The van der Waals surface area contributed by atoms with Crippen LogP contribution in [0.4, 0.5) is 10.2 Å². The van der Waals surface area contributed by atoms with Crippen LogP contribution in [-0.4, -0.2) is 28.9 Å². The maximum Gasteiger partial charge on any atom is 0.253 e. The van der Waals surface area contributed by atoms with Crippen molar-refractivity contribution >= 4 is 34.9 Å². The maximum absolute atomic E-state index is 13.9. The second-order valence-corrected chi connectivity index (χ2v) is 9.34. The van der Waals surface area contributed by atoms with E-state index >= 15 is 0 Å². The third-order valence-electron chi connectivity index (χ3n) is 6.33. The first-order valence-electron chi connectivity index (χ1n) is 11.2. The molecule has 2 N–H and O–H groups in total. The lowest BCUT2D eigenvalue weighted by molar-refractivity contribution is 0.0735. The molecule has 1 aromatic heterocycles. The van der Waals surface area contributed by atoms with E-state index in [1.807, 2.05) is 36.2 Å². The van der Waals surface area contributed by atoms with Crippen molar-refractivity contribution in [2.45, 2.75) is 44.8 Å². The maximum atomic E-state index is 13.9. The molecule has 0 aliphatic heterocycles. The summed E-state index contributed by atoms with van der Waals surface area (Å²) in [5, 5.41) is 0.204. The Morgan fingerprint density at radius 1 is 1.15 bits per heavy atom. The van der Waals surface area contributed by atoms with Crippen LogP contribution in [0.25, 0.3) is 11.1 Å². The Kier molecular flexibility index (Phi) is 7.29. The van der Waals surface area contributed by atoms with Crippen molar-refractivity contribution in [1.82, 2.24) is 9.88 Å². The lowest BCUT2D eigenvalue weighted by Crippen LogP contribution is -2.35. The quantitative estimate of drug-likeness (QED) is 0.371. The standard InChI is InChI=1S/C26H26Cl2FN3O2/c1-15(23-20(27)11-12-21(29)24(23)28)34-22-13-18(14-31-25(22)30)16-7-9-17(10-8-16)26(33)32(2)19-5-3-4-6-19/h7-15,19H,3-6H2,1-2H3,(H2,30,31). The van der Waals surface area contributed by atoms with Crippen LogP contribution in [0.3, 0.4) is 0 Å². The molecule has 1 fully saturated rings. The van der Waals surface area contributed by atoms with Crippen molar-refractivity contribution in [2.75, 3.05) is 12.8 Å². The summed E-state index contributed by atoms with van der Waals surface area (Å²) in [4.78, 5) is 18.9. The molecule has 0 radical (unpaired) electrons. The van der Waals surface area contributed by atoms with Crippen LogP contribution in [0.5, 0.6) is 5.75 Å². The van der Waals surface area contributed by atoms with Crippen LogP contribution in [0, 0.1) is 5.82 Å². The molecule has 1 unspecified atom stereocenters.